The van der Waals surface area contributed by atoms with E-state index in [1.165, 1.54) is 17.0 Å². The molecule has 0 aromatic heterocycles. The molecule has 0 radical (unpaired) electrons. The summed E-state index contributed by atoms with van der Waals surface area (Å²) in [6.45, 7) is 4.82. The molecule has 3 aliphatic rings. The highest BCUT2D eigenvalue weighted by atomic mass is 16.7. The number of fused-ring (bicyclic) bond motifs is 2. The lowest BCUT2D eigenvalue weighted by Gasteiger charge is -2.59. The van der Waals surface area contributed by atoms with Crippen molar-refractivity contribution >= 4 is 17.5 Å². The average Bonchev–Trinajstić information content (AvgIpc) is 3.40. The summed E-state index contributed by atoms with van der Waals surface area (Å²) in [6.07, 6.45) is 7.79. The number of carbonyl (C=O) groups excluding carboxylic acids is 1. The average molecular weight is 966 g/mol. The molecule has 71 heavy (non-hydrogen) atoms. The van der Waals surface area contributed by atoms with Crippen LogP contribution in [-0.4, -0.2) is 83.8 Å². The van der Waals surface area contributed by atoms with Crippen molar-refractivity contribution < 1.29 is 48.5 Å². The number of aliphatic hydroxyl groups excluding tert-OH is 2. The summed E-state index contributed by atoms with van der Waals surface area (Å²) >= 11 is 0. The molecule has 1 aliphatic heterocycles. The number of carbonyl (C=O) groups is 1. The third kappa shape index (κ3) is 12.0. The van der Waals surface area contributed by atoms with Crippen molar-refractivity contribution in [3.63, 3.8) is 0 Å². The van der Waals surface area contributed by atoms with E-state index >= 15 is 0 Å². The molecule has 8 rings (SSSR count). The van der Waals surface area contributed by atoms with E-state index in [1.807, 2.05) is 91.0 Å². The maximum Gasteiger partial charge on any atom is 0.410 e. The highest BCUT2D eigenvalue weighted by molar-refractivity contribution is 6.03. The number of nitro benzene ring substituents is 1. The number of nitrogens with zero attached hydrogens (tertiary/aromatic N) is 3. The van der Waals surface area contributed by atoms with Crippen LogP contribution in [0, 0.1) is 27.9 Å². The molecule has 5 aromatic rings. The third-order valence-corrected chi connectivity index (χ3v) is 13.7. The molecule has 6 atom stereocenters. The maximum absolute atomic E-state index is 14.3. The summed E-state index contributed by atoms with van der Waals surface area (Å²) in [6, 6.07) is 39.1. The Morgan fingerprint density at radius 3 is 2.23 bits per heavy atom. The first-order valence-corrected chi connectivity index (χ1v) is 24.5. The molecule has 372 valence electrons. The Morgan fingerprint density at radius 2 is 1.52 bits per heavy atom. The standard InChI is InChI=1S/C57H63N3O11/c1-3-32-68-57-53(59(2)56(63)67-34-33-66-38-40-14-6-4-7-15-40)37-51(58-69-39-41-20-24-45(25-21-41)60(64)65)49-35-44(18-10-12-30-61)48(19-11-13-31-62)54(55(49)57)50-36-47(28-29-52(50)71-57)70-46-26-22-43(23-27-46)42-16-8-5-9-17-42/h3-9,14-17,20-29,35-36,44,48,53-55,61-62H,1,10-13,18-19,30-34,37-39H2,2H3. The predicted molar refractivity (Wildman–Crippen MR) is 270 cm³/mol. The molecule has 14 nitrogen and oxygen atoms in total. The Balaban J connectivity index is 1.20. The first-order valence-electron chi connectivity index (χ1n) is 24.5. The third-order valence-electron chi connectivity index (χ3n) is 13.7. The lowest BCUT2D eigenvalue weighted by molar-refractivity contribution is -0.384. The quantitative estimate of drug-likeness (QED) is 0.0261. The molecule has 2 N–H and O–H groups in total. The van der Waals surface area contributed by atoms with Gasteiger partial charge in [-0.25, -0.2) is 4.79 Å². The number of allylic oxidation sites excluding steroid dienone is 1. The molecule has 0 bridgehead atoms. The monoisotopic (exact) mass is 965 g/mol. The molecule has 5 aromatic carbocycles. The van der Waals surface area contributed by atoms with E-state index in [1.54, 1.807) is 25.3 Å². The molecule has 0 saturated heterocycles. The minimum atomic E-state index is -1.49. The fourth-order valence-corrected chi connectivity index (χ4v) is 10.4. The normalized spacial score (nSPS) is 21.5. The molecule has 1 fully saturated rings. The molecule has 1 amide bonds. The SMILES string of the molecule is C=CCOC12Oc3ccc(Oc4ccc(-c5ccccc5)cc4)cc3C3C(CCCCO)C(CCCCO)C=C(C(=NOCc4ccc([N+](=O)[O-])cc4)CC1N(C)C(=O)OCCOCc1ccccc1)C32. The summed E-state index contributed by atoms with van der Waals surface area (Å²) in [5.41, 5.74) is 6.18. The predicted octanol–water partition coefficient (Wildman–Crippen LogP) is 11.2. The highest BCUT2D eigenvalue weighted by Gasteiger charge is 2.65. The van der Waals surface area contributed by atoms with Crippen molar-refractivity contribution in [2.45, 2.75) is 75.9 Å². The van der Waals surface area contributed by atoms with Crippen LogP contribution in [0.3, 0.4) is 0 Å². The van der Waals surface area contributed by atoms with Gasteiger partial charge < -0.3 is 43.6 Å². The number of nitro groups is 1. The van der Waals surface area contributed by atoms with Crippen LogP contribution < -0.4 is 9.47 Å². The fraction of sp³-hybridized carbons (Fsp3) is 0.368. The number of hydrogen-bond acceptors (Lipinski definition) is 12. The first kappa shape index (κ1) is 50.5. The number of non-ortho nitro benzene ring substituents is 1. The Morgan fingerprint density at radius 1 is 0.845 bits per heavy atom. The number of amides is 1. The van der Waals surface area contributed by atoms with E-state index in [2.05, 4.69) is 24.8 Å². The zero-order valence-electron chi connectivity index (χ0n) is 40.2. The van der Waals surface area contributed by atoms with Gasteiger partial charge in [0.1, 0.15) is 36.5 Å². The van der Waals surface area contributed by atoms with Gasteiger partial charge in [-0.1, -0.05) is 103 Å². The van der Waals surface area contributed by atoms with E-state index in [4.69, 9.17) is 33.7 Å². The molecule has 1 saturated carbocycles. The molecule has 6 unspecified atom stereocenters. The van der Waals surface area contributed by atoms with Crippen molar-refractivity contribution in [1.29, 1.82) is 0 Å². The van der Waals surface area contributed by atoms with Gasteiger partial charge in [0, 0.05) is 50.3 Å². The van der Waals surface area contributed by atoms with E-state index < -0.39 is 28.8 Å². The van der Waals surface area contributed by atoms with Gasteiger partial charge in [0.25, 0.3) is 5.69 Å². The van der Waals surface area contributed by atoms with Crippen molar-refractivity contribution in [3.05, 3.63) is 179 Å². The summed E-state index contributed by atoms with van der Waals surface area (Å²) < 4.78 is 32.7. The van der Waals surface area contributed by atoms with Crippen LogP contribution in [0.5, 0.6) is 17.2 Å². The van der Waals surface area contributed by atoms with Gasteiger partial charge in [-0.15, -0.1) is 6.58 Å². The van der Waals surface area contributed by atoms with E-state index in [-0.39, 0.29) is 69.5 Å². The second kappa shape index (κ2) is 24.3. The zero-order chi connectivity index (χ0) is 49.6. The number of unbranched alkanes of at least 4 members (excludes halogenated alkanes) is 2. The van der Waals surface area contributed by atoms with Crippen molar-refractivity contribution in [2.75, 3.05) is 40.1 Å². The molecular formula is C57H63N3O11. The summed E-state index contributed by atoms with van der Waals surface area (Å²) in [7, 11) is 1.67. The van der Waals surface area contributed by atoms with Crippen LogP contribution in [-0.2, 0) is 32.3 Å². The van der Waals surface area contributed by atoms with E-state index in [9.17, 15) is 25.1 Å². The van der Waals surface area contributed by atoms with Gasteiger partial charge >= 0.3 is 6.09 Å². The first-order chi connectivity index (χ1) is 34.7. The smallest absolute Gasteiger partial charge is 0.410 e. The second-order valence-corrected chi connectivity index (χ2v) is 18.2. The molecular weight excluding hydrogens is 903 g/mol. The lowest BCUT2D eigenvalue weighted by Crippen LogP contribution is -2.69. The van der Waals surface area contributed by atoms with Crippen LogP contribution in [0.15, 0.2) is 157 Å². The summed E-state index contributed by atoms with van der Waals surface area (Å²) in [5, 5.41) is 36.3. The van der Waals surface area contributed by atoms with Gasteiger partial charge in [0.2, 0.25) is 5.79 Å². The zero-order valence-corrected chi connectivity index (χ0v) is 40.2. The summed E-state index contributed by atoms with van der Waals surface area (Å²) in [5.74, 6) is -0.484. The van der Waals surface area contributed by atoms with Crippen molar-refractivity contribution in [1.82, 2.24) is 4.90 Å². The van der Waals surface area contributed by atoms with Crippen molar-refractivity contribution in [2.24, 2.45) is 22.9 Å². The van der Waals surface area contributed by atoms with Gasteiger partial charge in [0.05, 0.1) is 36.4 Å². The van der Waals surface area contributed by atoms with Gasteiger partial charge in [-0.3, -0.25) is 10.1 Å². The number of hydrogen-bond donors (Lipinski definition) is 2. The van der Waals surface area contributed by atoms with Crippen LogP contribution in [0.25, 0.3) is 11.1 Å². The number of aliphatic hydroxyl groups is 2. The minimum absolute atomic E-state index is 0.00361. The Bertz CT molecular complexity index is 2610. The van der Waals surface area contributed by atoms with Crippen molar-refractivity contribution in [3.8, 4) is 28.4 Å². The largest absolute Gasteiger partial charge is 0.459 e. The Kier molecular flexibility index (Phi) is 17.3. The number of oxime groups is 1. The second-order valence-electron chi connectivity index (χ2n) is 18.2. The molecule has 0 spiro atoms. The van der Waals surface area contributed by atoms with E-state index in [0.717, 1.165) is 53.5 Å². The maximum atomic E-state index is 14.3. The molecule has 2 aliphatic carbocycles. The summed E-state index contributed by atoms with van der Waals surface area (Å²) in [4.78, 5) is 32.9. The van der Waals surface area contributed by atoms with Gasteiger partial charge in [-0.2, -0.15) is 0 Å². The van der Waals surface area contributed by atoms with Gasteiger partial charge in [-0.05, 0) is 108 Å². The Hall–Kier alpha value is -6.84. The molecule has 1 heterocycles. The topological polar surface area (TPSA) is 172 Å². The van der Waals surface area contributed by atoms with Crippen LogP contribution in [0.4, 0.5) is 10.5 Å². The molecule has 14 heteroatoms. The van der Waals surface area contributed by atoms with Crippen LogP contribution in [0.1, 0.15) is 67.6 Å². The van der Waals surface area contributed by atoms with Gasteiger partial charge in [0.15, 0.2) is 0 Å². The van der Waals surface area contributed by atoms with E-state index in [0.29, 0.717) is 48.0 Å². The van der Waals surface area contributed by atoms with Crippen LogP contribution in [0.2, 0.25) is 0 Å². The number of benzene rings is 5. The number of ether oxygens (including phenoxy) is 5. The highest BCUT2D eigenvalue weighted by Crippen LogP contribution is 2.62. The lowest BCUT2D eigenvalue weighted by atomic mass is 9.55. The number of rotatable bonds is 24. The Labute approximate surface area is 415 Å². The van der Waals surface area contributed by atoms with Crippen LogP contribution >= 0.6 is 0 Å². The minimum Gasteiger partial charge on any atom is -0.459 e. The number of likely N-dealkylation sites (N-methyl/N-ethyl adjacent to an activating group) is 1. The fourth-order valence-electron chi connectivity index (χ4n) is 10.4.